The molecule has 1 atom stereocenters. The average molecular weight is 223 g/mol. The van der Waals surface area contributed by atoms with Gasteiger partial charge in [-0.3, -0.25) is 4.79 Å². The Morgan fingerprint density at radius 3 is 2.38 bits per heavy atom. The third kappa shape index (κ3) is 2.50. The molecule has 0 saturated heterocycles. The number of hydrogen-bond donors (Lipinski definition) is 2. The first kappa shape index (κ1) is 12.0. The Kier molecular flexibility index (Phi) is 3.50. The van der Waals surface area contributed by atoms with Crippen LogP contribution >= 0.6 is 0 Å². The largest absolute Gasteiger partial charge is 0.480 e. The number of carboxylic acid groups (broad SMARTS) is 1. The number of nitrogens with two attached hydrogens (primary N) is 1. The molecule has 1 aromatic carbocycles. The molecule has 0 aliphatic heterocycles. The highest BCUT2D eigenvalue weighted by molar-refractivity contribution is 5.81. The van der Waals surface area contributed by atoms with Crippen LogP contribution in [0.1, 0.15) is 12.5 Å². The van der Waals surface area contributed by atoms with E-state index in [0.29, 0.717) is 5.56 Å². The number of rotatable bonds is 4. The summed E-state index contributed by atoms with van der Waals surface area (Å²) in [7, 11) is 0. The van der Waals surface area contributed by atoms with Crippen LogP contribution in [-0.2, 0) is 14.9 Å². The van der Waals surface area contributed by atoms with Gasteiger partial charge >= 0.3 is 12.1 Å². The fourth-order valence-electron chi connectivity index (χ4n) is 1.29. The molecule has 3 N–H and O–H groups in total. The standard InChI is InChI=1S/C11H13NO4/c1-11(9(13)14,7-16-10(12)15)8-5-3-2-4-6-8/h2-6H,7H2,1H3,(H2,12,15)(H,13,14). The minimum absolute atomic E-state index is 0.290. The summed E-state index contributed by atoms with van der Waals surface area (Å²) in [5.41, 5.74) is 4.10. The molecule has 0 aliphatic carbocycles. The lowest BCUT2D eigenvalue weighted by atomic mass is 9.83. The molecule has 0 fully saturated rings. The normalized spacial score (nSPS) is 13.8. The van der Waals surface area contributed by atoms with Gasteiger partial charge in [-0.1, -0.05) is 30.3 Å². The molecule has 0 spiro atoms. The summed E-state index contributed by atoms with van der Waals surface area (Å²) in [6.45, 7) is 1.19. The van der Waals surface area contributed by atoms with Crippen LogP contribution in [0, 0.1) is 0 Å². The first-order chi connectivity index (χ1) is 7.47. The summed E-state index contributed by atoms with van der Waals surface area (Å²) in [6, 6.07) is 8.55. The van der Waals surface area contributed by atoms with E-state index in [1.165, 1.54) is 6.92 Å². The van der Waals surface area contributed by atoms with E-state index in [1.54, 1.807) is 30.3 Å². The molecular formula is C11H13NO4. The highest BCUT2D eigenvalue weighted by atomic mass is 16.5. The van der Waals surface area contributed by atoms with Crippen molar-refractivity contribution >= 4 is 12.1 Å². The van der Waals surface area contributed by atoms with Crippen LogP contribution in [0.25, 0.3) is 0 Å². The zero-order valence-corrected chi connectivity index (χ0v) is 8.84. The average Bonchev–Trinajstić information content (AvgIpc) is 2.26. The first-order valence-corrected chi connectivity index (χ1v) is 4.68. The smallest absolute Gasteiger partial charge is 0.404 e. The van der Waals surface area contributed by atoms with Crippen molar-refractivity contribution in [3.63, 3.8) is 0 Å². The Morgan fingerprint density at radius 1 is 1.38 bits per heavy atom. The Hall–Kier alpha value is -2.04. The second kappa shape index (κ2) is 4.65. The van der Waals surface area contributed by atoms with Crippen LogP contribution in [-0.4, -0.2) is 23.8 Å². The SMILES string of the molecule is CC(COC(N)=O)(C(=O)O)c1ccccc1. The summed E-state index contributed by atoms with van der Waals surface area (Å²) < 4.78 is 4.58. The summed E-state index contributed by atoms with van der Waals surface area (Å²) in [5.74, 6) is -1.07. The van der Waals surface area contributed by atoms with Gasteiger partial charge < -0.3 is 15.6 Å². The number of carboxylic acids is 1. The third-order valence-electron chi connectivity index (χ3n) is 2.39. The van der Waals surface area contributed by atoms with Gasteiger partial charge in [0, 0.05) is 0 Å². The van der Waals surface area contributed by atoms with Crippen molar-refractivity contribution in [1.82, 2.24) is 0 Å². The van der Waals surface area contributed by atoms with Gasteiger partial charge in [0.25, 0.3) is 0 Å². The van der Waals surface area contributed by atoms with Crippen molar-refractivity contribution in [2.45, 2.75) is 12.3 Å². The van der Waals surface area contributed by atoms with Crippen LogP contribution in [0.15, 0.2) is 30.3 Å². The van der Waals surface area contributed by atoms with Crippen molar-refractivity contribution in [3.8, 4) is 0 Å². The molecular weight excluding hydrogens is 210 g/mol. The number of primary amides is 1. The van der Waals surface area contributed by atoms with E-state index in [-0.39, 0.29) is 6.61 Å². The van der Waals surface area contributed by atoms with Crippen molar-refractivity contribution in [3.05, 3.63) is 35.9 Å². The first-order valence-electron chi connectivity index (χ1n) is 4.68. The Bertz CT molecular complexity index is 390. The fraction of sp³-hybridized carbons (Fsp3) is 0.273. The van der Waals surface area contributed by atoms with Gasteiger partial charge in [0.15, 0.2) is 0 Å². The molecule has 0 radical (unpaired) electrons. The van der Waals surface area contributed by atoms with Gasteiger partial charge in [-0.15, -0.1) is 0 Å². The van der Waals surface area contributed by atoms with E-state index in [4.69, 9.17) is 10.8 Å². The van der Waals surface area contributed by atoms with Crippen LogP contribution < -0.4 is 5.73 Å². The van der Waals surface area contributed by atoms with Crippen LogP contribution in [0.4, 0.5) is 4.79 Å². The lowest BCUT2D eigenvalue weighted by Gasteiger charge is -2.24. The topological polar surface area (TPSA) is 89.6 Å². The van der Waals surface area contributed by atoms with E-state index in [0.717, 1.165) is 0 Å². The predicted octanol–water partition coefficient (Wildman–Crippen LogP) is 1.12. The quantitative estimate of drug-likeness (QED) is 0.800. The maximum absolute atomic E-state index is 11.2. The van der Waals surface area contributed by atoms with Gasteiger partial charge in [0.1, 0.15) is 12.0 Å². The molecule has 86 valence electrons. The molecule has 1 amide bonds. The minimum Gasteiger partial charge on any atom is -0.480 e. The van der Waals surface area contributed by atoms with Crippen LogP contribution in [0.3, 0.4) is 0 Å². The summed E-state index contributed by atoms with van der Waals surface area (Å²) in [5, 5.41) is 9.17. The molecule has 0 saturated carbocycles. The molecule has 5 heteroatoms. The lowest BCUT2D eigenvalue weighted by molar-refractivity contribution is -0.144. The molecule has 0 aliphatic rings. The van der Waals surface area contributed by atoms with Gasteiger partial charge in [0.05, 0.1) is 0 Å². The van der Waals surface area contributed by atoms with E-state index in [2.05, 4.69) is 4.74 Å². The van der Waals surface area contributed by atoms with Gasteiger partial charge in [0.2, 0.25) is 0 Å². The second-order valence-electron chi connectivity index (χ2n) is 3.61. The summed E-state index contributed by atoms with van der Waals surface area (Å²) >= 11 is 0. The minimum atomic E-state index is -1.28. The zero-order chi connectivity index (χ0) is 12.2. The second-order valence-corrected chi connectivity index (χ2v) is 3.61. The maximum atomic E-state index is 11.2. The molecule has 1 unspecified atom stereocenters. The predicted molar refractivity (Wildman–Crippen MR) is 57.0 cm³/mol. The van der Waals surface area contributed by atoms with Crippen molar-refractivity contribution in [1.29, 1.82) is 0 Å². The third-order valence-corrected chi connectivity index (χ3v) is 2.39. The monoisotopic (exact) mass is 223 g/mol. The van der Waals surface area contributed by atoms with E-state index >= 15 is 0 Å². The highest BCUT2D eigenvalue weighted by Gasteiger charge is 2.36. The number of benzene rings is 1. The Balaban J connectivity index is 2.98. The van der Waals surface area contributed by atoms with Gasteiger partial charge in [-0.2, -0.15) is 0 Å². The van der Waals surface area contributed by atoms with Gasteiger partial charge in [-0.05, 0) is 12.5 Å². The summed E-state index contributed by atoms with van der Waals surface area (Å²) in [6.07, 6.45) is -0.983. The highest BCUT2D eigenvalue weighted by Crippen LogP contribution is 2.24. The molecule has 5 nitrogen and oxygen atoms in total. The number of aliphatic carboxylic acids is 1. The molecule has 0 aromatic heterocycles. The number of carbonyl (C=O) groups excluding carboxylic acids is 1. The number of hydrogen-bond acceptors (Lipinski definition) is 3. The molecule has 0 bridgehead atoms. The Morgan fingerprint density at radius 2 is 1.94 bits per heavy atom. The fourth-order valence-corrected chi connectivity index (χ4v) is 1.29. The Labute approximate surface area is 92.8 Å². The zero-order valence-electron chi connectivity index (χ0n) is 8.84. The number of carbonyl (C=O) groups is 2. The number of ether oxygens (including phenoxy) is 1. The maximum Gasteiger partial charge on any atom is 0.404 e. The number of amides is 1. The lowest BCUT2D eigenvalue weighted by Crippen LogP contribution is -2.38. The molecule has 16 heavy (non-hydrogen) atoms. The van der Waals surface area contributed by atoms with Crippen molar-refractivity contribution < 1.29 is 19.4 Å². The van der Waals surface area contributed by atoms with E-state index in [1.807, 2.05) is 0 Å². The van der Waals surface area contributed by atoms with Crippen LogP contribution in [0.5, 0.6) is 0 Å². The van der Waals surface area contributed by atoms with Gasteiger partial charge in [-0.25, -0.2) is 4.79 Å². The van der Waals surface area contributed by atoms with E-state index < -0.39 is 17.5 Å². The van der Waals surface area contributed by atoms with Crippen molar-refractivity contribution in [2.24, 2.45) is 5.73 Å². The molecule has 1 rings (SSSR count). The molecule has 1 aromatic rings. The van der Waals surface area contributed by atoms with E-state index in [9.17, 15) is 9.59 Å². The molecule has 0 heterocycles. The van der Waals surface area contributed by atoms with Crippen LogP contribution in [0.2, 0.25) is 0 Å². The summed E-state index contributed by atoms with van der Waals surface area (Å²) in [4.78, 5) is 21.7. The van der Waals surface area contributed by atoms with Crippen molar-refractivity contribution in [2.75, 3.05) is 6.61 Å².